The van der Waals surface area contributed by atoms with Gasteiger partial charge >= 0.3 is 0 Å². The Morgan fingerprint density at radius 3 is 2.72 bits per heavy atom. The molecule has 6 nitrogen and oxygen atoms in total. The largest absolute Gasteiger partial charge is 0.495 e. The number of thioether (sulfide) groups is 1. The zero-order valence-corrected chi connectivity index (χ0v) is 15.7. The van der Waals surface area contributed by atoms with Crippen LogP contribution in [-0.2, 0) is 4.79 Å². The fourth-order valence-corrected chi connectivity index (χ4v) is 4.23. The van der Waals surface area contributed by atoms with E-state index in [1.165, 1.54) is 18.2 Å². The number of piperidine rings is 1. The van der Waals surface area contributed by atoms with Crippen molar-refractivity contribution in [2.75, 3.05) is 26.0 Å². The molecule has 1 aromatic heterocycles. The molecule has 1 aliphatic heterocycles. The number of carbonyl (C=O) groups excluding carboxylic acids is 1. The summed E-state index contributed by atoms with van der Waals surface area (Å²) in [4.78, 5) is 14.6. The van der Waals surface area contributed by atoms with Gasteiger partial charge < -0.3 is 9.64 Å². The lowest BCUT2D eigenvalue weighted by atomic mass is 9.92. The Hall–Kier alpha value is -2.02. The van der Waals surface area contributed by atoms with E-state index in [0.29, 0.717) is 22.7 Å². The molecule has 3 rings (SSSR count). The fourth-order valence-electron chi connectivity index (χ4n) is 3.40. The number of hydrogen-bond donors (Lipinski definition) is 0. The number of rotatable bonds is 5. The van der Waals surface area contributed by atoms with Crippen LogP contribution in [0.15, 0.2) is 35.7 Å². The Morgan fingerprint density at radius 2 is 2.00 bits per heavy atom. The van der Waals surface area contributed by atoms with Crippen LogP contribution in [0.1, 0.15) is 20.3 Å². The number of likely N-dealkylation sites (tertiary alicyclic amines) is 1. The van der Waals surface area contributed by atoms with Gasteiger partial charge in [-0.05, 0) is 30.4 Å². The van der Waals surface area contributed by atoms with Gasteiger partial charge in [0.1, 0.15) is 12.1 Å². The quantitative estimate of drug-likeness (QED) is 0.768. The highest BCUT2D eigenvalue weighted by Crippen LogP contribution is 2.27. The Balaban J connectivity index is 1.69. The van der Waals surface area contributed by atoms with Crippen LogP contribution in [0.25, 0.3) is 5.69 Å². The summed E-state index contributed by atoms with van der Waals surface area (Å²) in [6.07, 6.45) is 2.84. The first-order valence-electron chi connectivity index (χ1n) is 8.52. The first kappa shape index (κ1) is 17.8. The van der Waals surface area contributed by atoms with Crippen molar-refractivity contribution in [1.82, 2.24) is 19.7 Å². The number of carbonyl (C=O) groups is 1. The lowest BCUT2D eigenvalue weighted by Gasteiger charge is -2.34. The van der Waals surface area contributed by atoms with Gasteiger partial charge in [0.05, 0.1) is 18.6 Å². The van der Waals surface area contributed by atoms with Gasteiger partial charge in [0.15, 0.2) is 5.16 Å². The highest BCUT2D eigenvalue weighted by Gasteiger charge is 2.25. The molecule has 0 bridgehead atoms. The number of aromatic nitrogens is 3. The molecule has 2 atom stereocenters. The van der Waals surface area contributed by atoms with E-state index in [4.69, 9.17) is 4.74 Å². The maximum atomic E-state index is 12.6. The van der Waals surface area contributed by atoms with E-state index in [0.717, 1.165) is 24.5 Å². The van der Waals surface area contributed by atoms with E-state index < -0.39 is 0 Å². The minimum absolute atomic E-state index is 0.165. The number of hydrogen-bond acceptors (Lipinski definition) is 5. The van der Waals surface area contributed by atoms with Gasteiger partial charge in [-0.2, -0.15) is 0 Å². The number of nitrogens with zero attached hydrogens (tertiary/aromatic N) is 4. The van der Waals surface area contributed by atoms with Crippen molar-refractivity contribution >= 4 is 17.7 Å². The predicted octanol–water partition coefficient (Wildman–Crippen LogP) is 2.87. The molecular formula is C18H24N4O2S. The summed E-state index contributed by atoms with van der Waals surface area (Å²) >= 11 is 1.41. The van der Waals surface area contributed by atoms with Crippen molar-refractivity contribution in [2.45, 2.75) is 25.4 Å². The van der Waals surface area contributed by atoms with E-state index in [1.807, 2.05) is 33.7 Å². The standard InChI is InChI=1S/C18H24N4O2S/c1-13-8-14(2)10-21(9-13)17(23)11-25-18-20-19-12-22(18)15-6-4-5-7-16(15)24-3/h4-7,12-14H,8-11H2,1-3H3/t13-,14-/m0/s1. The van der Waals surface area contributed by atoms with Gasteiger partial charge in [-0.3, -0.25) is 9.36 Å². The van der Waals surface area contributed by atoms with Gasteiger partial charge in [0.2, 0.25) is 5.91 Å². The molecule has 2 heterocycles. The average molecular weight is 360 g/mol. The van der Waals surface area contributed by atoms with Crippen molar-refractivity contribution < 1.29 is 9.53 Å². The molecule has 1 aromatic carbocycles. The maximum absolute atomic E-state index is 12.6. The van der Waals surface area contributed by atoms with Gasteiger partial charge in [-0.1, -0.05) is 37.7 Å². The molecular weight excluding hydrogens is 336 g/mol. The van der Waals surface area contributed by atoms with Crippen LogP contribution in [0.2, 0.25) is 0 Å². The molecule has 1 amide bonds. The molecule has 1 saturated heterocycles. The van der Waals surface area contributed by atoms with Gasteiger partial charge in [0.25, 0.3) is 0 Å². The number of para-hydroxylation sites is 2. The minimum Gasteiger partial charge on any atom is -0.495 e. The second-order valence-electron chi connectivity index (χ2n) is 6.69. The maximum Gasteiger partial charge on any atom is 0.233 e. The molecule has 25 heavy (non-hydrogen) atoms. The van der Waals surface area contributed by atoms with E-state index in [9.17, 15) is 4.79 Å². The van der Waals surface area contributed by atoms with Crippen LogP contribution < -0.4 is 4.74 Å². The number of amides is 1. The number of methoxy groups -OCH3 is 1. The zero-order chi connectivity index (χ0) is 17.8. The van der Waals surface area contributed by atoms with Crippen LogP contribution in [0.3, 0.4) is 0 Å². The smallest absolute Gasteiger partial charge is 0.233 e. The molecule has 0 aliphatic carbocycles. The summed E-state index contributed by atoms with van der Waals surface area (Å²) in [5, 5.41) is 8.86. The van der Waals surface area contributed by atoms with E-state index in [-0.39, 0.29) is 5.91 Å². The highest BCUT2D eigenvalue weighted by molar-refractivity contribution is 7.99. The third-order valence-electron chi connectivity index (χ3n) is 4.41. The summed E-state index contributed by atoms with van der Waals surface area (Å²) in [5.74, 6) is 2.41. The molecule has 2 aromatic rings. The van der Waals surface area contributed by atoms with Crippen LogP contribution in [-0.4, -0.2) is 51.5 Å². The van der Waals surface area contributed by atoms with Crippen LogP contribution >= 0.6 is 11.8 Å². The van der Waals surface area contributed by atoms with Gasteiger partial charge in [-0.15, -0.1) is 10.2 Å². The summed E-state index contributed by atoms with van der Waals surface area (Å²) in [6, 6.07) is 7.70. The van der Waals surface area contributed by atoms with Crippen molar-refractivity contribution in [3.8, 4) is 11.4 Å². The SMILES string of the molecule is COc1ccccc1-n1cnnc1SCC(=O)N1C[C@@H](C)C[C@H](C)C1. The summed E-state index contributed by atoms with van der Waals surface area (Å²) in [6.45, 7) is 6.12. The van der Waals surface area contributed by atoms with E-state index in [2.05, 4.69) is 24.0 Å². The van der Waals surface area contributed by atoms with Gasteiger partial charge in [-0.25, -0.2) is 0 Å². The molecule has 0 N–H and O–H groups in total. The molecule has 7 heteroatoms. The molecule has 134 valence electrons. The monoisotopic (exact) mass is 360 g/mol. The average Bonchev–Trinajstić information content (AvgIpc) is 3.07. The molecule has 1 aliphatic rings. The second-order valence-corrected chi connectivity index (χ2v) is 7.63. The number of ether oxygens (including phenoxy) is 1. The lowest BCUT2D eigenvalue weighted by molar-refractivity contribution is -0.130. The Kier molecular flexibility index (Phi) is 5.63. The van der Waals surface area contributed by atoms with E-state index >= 15 is 0 Å². The Bertz CT molecular complexity index is 723. The van der Waals surface area contributed by atoms with Crippen molar-refractivity contribution in [3.63, 3.8) is 0 Å². The molecule has 0 saturated carbocycles. The fraction of sp³-hybridized carbons (Fsp3) is 0.500. The highest BCUT2D eigenvalue weighted by atomic mass is 32.2. The first-order valence-corrected chi connectivity index (χ1v) is 9.51. The molecule has 0 unspecified atom stereocenters. The second kappa shape index (κ2) is 7.91. The zero-order valence-electron chi connectivity index (χ0n) is 14.9. The molecule has 0 spiro atoms. The third kappa shape index (κ3) is 4.15. The predicted molar refractivity (Wildman–Crippen MR) is 98.2 cm³/mol. The lowest BCUT2D eigenvalue weighted by Crippen LogP contribution is -2.43. The Morgan fingerprint density at radius 1 is 1.28 bits per heavy atom. The summed E-state index contributed by atoms with van der Waals surface area (Å²) in [5.41, 5.74) is 0.866. The topological polar surface area (TPSA) is 60.2 Å². The minimum atomic E-state index is 0.165. The molecule has 0 radical (unpaired) electrons. The van der Waals surface area contributed by atoms with Crippen LogP contribution in [0, 0.1) is 11.8 Å². The summed E-state index contributed by atoms with van der Waals surface area (Å²) in [7, 11) is 1.64. The van der Waals surface area contributed by atoms with Crippen molar-refractivity contribution in [2.24, 2.45) is 11.8 Å². The van der Waals surface area contributed by atoms with Crippen LogP contribution in [0.5, 0.6) is 5.75 Å². The van der Waals surface area contributed by atoms with Gasteiger partial charge in [0, 0.05) is 13.1 Å². The molecule has 1 fully saturated rings. The van der Waals surface area contributed by atoms with Crippen molar-refractivity contribution in [3.05, 3.63) is 30.6 Å². The third-order valence-corrected chi connectivity index (χ3v) is 5.34. The van der Waals surface area contributed by atoms with E-state index in [1.54, 1.807) is 13.4 Å². The van der Waals surface area contributed by atoms with Crippen molar-refractivity contribution in [1.29, 1.82) is 0 Å². The Labute approximate surface area is 152 Å². The number of benzene rings is 1. The summed E-state index contributed by atoms with van der Waals surface area (Å²) < 4.78 is 7.27. The van der Waals surface area contributed by atoms with Crippen LogP contribution in [0.4, 0.5) is 0 Å². The normalized spacial score (nSPS) is 20.5. The first-order chi connectivity index (χ1) is 12.1.